The van der Waals surface area contributed by atoms with E-state index in [1.807, 2.05) is 24.3 Å². The van der Waals surface area contributed by atoms with Crippen LogP contribution >= 0.6 is 11.6 Å². The predicted octanol–water partition coefficient (Wildman–Crippen LogP) is 3.36. The van der Waals surface area contributed by atoms with Gasteiger partial charge in [-0.2, -0.15) is 4.52 Å². The molecule has 4 aromatic rings. The maximum Gasteiger partial charge on any atom is 0.229 e. The summed E-state index contributed by atoms with van der Waals surface area (Å²) in [4.78, 5) is 6.97. The molecule has 0 amide bonds. The van der Waals surface area contributed by atoms with Gasteiger partial charge in [0, 0.05) is 23.5 Å². The minimum Gasteiger partial charge on any atom is -0.356 e. The molecule has 3 heterocycles. The topological polar surface area (TPSA) is 80.5 Å². The number of hydrogen-bond donors (Lipinski definition) is 0. The van der Waals surface area contributed by atoms with Gasteiger partial charge in [0.15, 0.2) is 5.65 Å². The first-order valence-electron chi connectivity index (χ1n) is 8.95. The van der Waals surface area contributed by atoms with Crippen LogP contribution in [-0.4, -0.2) is 41.3 Å². The first kappa shape index (κ1) is 17.4. The standard InChI is InChI=1S/C19H16ClN5O2S/c20-13-6-5-7-14(12-13)28(26,27)19-18-21-17(24-10-3-4-11-24)15-8-1-2-9-16(15)25(18)23-22-19/h1-2,5-9,12H,3-4,10-11H2. The number of hydrogen-bond acceptors (Lipinski definition) is 6. The van der Waals surface area contributed by atoms with Crippen LogP contribution in [0.2, 0.25) is 5.02 Å². The number of aromatic nitrogens is 4. The van der Waals surface area contributed by atoms with Gasteiger partial charge in [-0.1, -0.05) is 35.0 Å². The summed E-state index contributed by atoms with van der Waals surface area (Å²) in [6.07, 6.45) is 2.18. The lowest BCUT2D eigenvalue weighted by Gasteiger charge is -2.18. The molecule has 1 aliphatic heterocycles. The molecule has 5 rings (SSSR count). The van der Waals surface area contributed by atoms with Gasteiger partial charge >= 0.3 is 0 Å². The van der Waals surface area contributed by atoms with Crippen LogP contribution < -0.4 is 4.90 Å². The Balaban J connectivity index is 1.80. The summed E-state index contributed by atoms with van der Waals surface area (Å²) in [6, 6.07) is 13.8. The summed E-state index contributed by atoms with van der Waals surface area (Å²) in [5.74, 6) is 0.769. The monoisotopic (exact) mass is 413 g/mol. The quantitative estimate of drug-likeness (QED) is 0.512. The molecule has 1 fully saturated rings. The first-order chi connectivity index (χ1) is 13.6. The summed E-state index contributed by atoms with van der Waals surface area (Å²) in [7, 11) is -3.91. The van der Waals surface area contributed by atoms with Crippen LogP contribution in [0.15, 0.2) is 58.5 Å². The van der Waals surface area contributed by atoms with E-state index in [1.165, 1.54) is 16.6 Å². The second-order valence-corrected chi connectivity index (χ2v) is 9.04. The average Bonchev–Trinajstić information content (AvgIpc) is 3.37. The molecule has 0 saturated carbocycles. The predicted molar refractivity (Wildman–Crippen MR) is 107 cm³/mol. The molecule has 0 N–H and O–H groups in total. The number of fused-ring (bicyclic) bond motifs is 3. The number of benzene rings is 2. The molecular formula is C19H16ClN5O2S. The lowest BCUT2D eigenvalue weighted by Crippen LogP contribution is -2.20. The molecule has 2 aromatic heterocycles. The fraction of sp³-hybridized carbons (Fsp3) is 0.211. The minimum atomic E-state index is -3.91. The third-order valence-electron chi connectivity index (χ3n) is 4.97. The molecular weight excluding hydrogens is 398 g/mol. The fourth-order valence-electron chi connectivity index (χ4n) is 3.62. The highest BCUT2D eigenvalue weighted by Gasteiger charge is 2.28. The average molecular weight is 414 g/mol. The molecule has 0 bridgehead atoms. The lowest BCUT2D eigenvalue weighted by atomic mass is 10.2. The minimum absolute atomic E-state index is 0.0695. The van der Waals surface area contributed by atoms with E-state index < -0.39 is 9.84 Å². The molecule has 28 heavy (non-hydrogen) atoms. The van der Waals surface area contributed by atoms with Crippen LogP contribution in [-0.2, 0) is 9.84 Å². The Labute approximate surface area is 166 Å². The molecule has 0 radical (unpaired) electrons. The zero-order valence-electron chi connectivity index (χ0n) is 14.8. The Kier molecular flexibility index (Phi) is 3.99. The van der Waals surface area contributed by atoms with Gasteiger partial charge in [-0.25, -0.2) is 13.4 Å². The SMILES string of the molecule is O=S(=O)(c1cccc(Cl)c1)c1nnn2c1nc(N1CCCC1)c1ccccc12. The molecule has 0 unspecified atom stereocenters. The molecule has 9 heteroatoms. The Morgan fingerprint density at radius 2 is 1.79 bits per heavy atom. The van der Waals surface area contributed by atoms with Crippen molar-refractivity contribution in [2.75, 3.05) is 18.0 Å². The van der Waals surface area contributed by atoms with E-state index in [0.717, 1.165) is 42.7 Å². The van der Waals surface area contributed by atoms with Crippen molar-refractivity contribution in [2.45, 2.75) is 22.8 Å². The molecule has 0 aliphatic carbocycles. The lowest BCUT2D eigenvalue weighted by molar-refractivity contribution is 0.592. The van der Waals surface area contributed by atoms with E-state index in [4.69, 9.17) is 16.6 Å². The van der Waals surface area contributed by atoms with E-state index in [1.54, 1.807) is 12.1 Å². The van der Waals surface area contributed by atoms with Crippen molar-refractivity contribution in [1.82, 2.24) is 19.8 Å². The van der Waals surface area contributed by atoms with Crippen LogP contribution in [0.5, 0.6) is 0 Å². The molecule has 0 atom stereocenters. The third-order valence-corrected chi connectivity index (χ3v) is 6.85. The maximum atomic E-state index is 13.2. The second kappa shape index (κ2) is 6.42. The largest absolute Gasteiger partial charge is 0.356 e. The molecule has 7 nitrogen and oxygen atoms in total. The van der Waals surface area contributed by atoms with Crippen LogP contribution in [0.4, 0.5) is 5.82 Å². The van der Waals surface area contributed by atoms with E-state index >= 15 is 0 Å². The molecule has 0 spiro atoms. The summed E-state index contributed by atoms with van der Waals surface area (Å²) >= 11 is 5.99. The molecule has 1 aliphatic rings. The number of rotatable bonds is 3. The molecule has 1 saturated heterocycles. The third kappa shape index (κ3) is 2.63. The smallest absolute Gasteiger partial charge is 0.229 e. The van der Waals surface area contributed by atoms with Crippen LogP contribution in [0.1, 0.15) is 12.8 Å². The van der Waals surface area contributed by atoms with Gasteiger partial charge in [0.2, 0.25) is 14.9 Å². The van der Waals surface area contributed by atoms with Gasteiger partial charge in [0.1, 0.15) is 5.82 Å². The zero-order valence-corrected chi connectivity index (χ0v) is 16.4. The van der Waals surface area contributed by atoms with Crippen molar-refractivity contribution in [1.29, 1.82) is 0 Å². The number of nitrogens with zero attached hydrogens (tertiary/aromatic N) is 5. The molecule has 142 valence electrons. The number of anilines is 1. The maximum absolute atomic E-state index is 13.2. The van der Waals surface area contributed by atoms with E-state index in [2.05, 4.69) is 15.2 Å². The van der Waals surface area contributed by atoms with Crippen molar-refractivity contribution >= 4 is 43.8 Å². The van der Waals surface area contributed by atoms with E-state index in [9.17, 15) is 8.42 Å². The Bertz CT molecular complexity index is 1310. The van der Waals surface area contributed by atoms with Crippen LogP contribution in [0.25, 0.3) is 16.6 Å². The number of sulfone groups is 1. The second-order valence-electron chi connectivity index (χ2n) is 6.74. The molecule has 2 aromatic carbocycles. The van der Waals surface area contributed by atoms with Gasteiger partial charge in [-0.05, 0) is 43.2 Å². The van der Waals surface area contributed by atoms with Gasteiger partial charge < -0.3 is 4.90 Å². The summed E-state index contributed by atoms with van der Waals surface area (Å²) in [6.45, 7) is 1.79. The Hall–Kier alpha value is -2.71. The summed E-state index contributed by atoms with van der Waals surface area (Å²) in [5.41, 5.74) is 0.995. The number of para-hydroxylation sites is 1. The van der Waals surface area contributed by atoms with Crippen LogP contribution in [0.3, 0.4) is 0 Å². The Morgan fingerprint density at radius 3 is 2.57 bits per heavy atom. The van der Waals surface area contributed by atoms with E-state index in [0.29, 0.717) is 5.02 Å². The van der Waals surface area contributed by atoms with Crippen LogP contribution in [0, 0.1) is 0 Å². The highest BCUT2D eigenvalue weighted by atomic mass is 35.5. The van der Waals surface area contributed by atoms with Gasteiger partial charge in [-0.15, -0.1) is 5.10 Å². The fourth-order valence-corrected chi connectivity index (χ4v) is 5.15. The van der Waals surface area contributed by atoms with Crippen molar-refractivity contribution < 1.29 is 8.42 Å². The highest BCUT2D eigenvalue weighted by Crippen LogP contribution is 2.31. The summed E-state index contributed by atoms with van der Waals surface area (Å²) < 4.78 is 27.9. The van der Waals surface area contributed by atoms with Gasteiger partial charge in [0.05, 0.1) is 10.4 Å². The van der Waals surface area contributed by atoms with Crippen molar-refractivity contribution in [3.8, 4) is 0 Å². The van der Waals surface area contributed by atoms with Gasteiger partial charge in [0.25, 0.3) is 0 Å². The van der Waals surface area contributed by atoms with E-state index in [-0.39, 0.29) is 15.6 Å². The van der Waals surface area contributed by atoms with Crippen molar-refractivity contribution in [3.05, 3.63) is 53.6 Å². The first-order valence-corrected chi connectivity index (χ1v) is 10.8. The van der Waals surface area contributed by atoms with Gasteiger partial charge in [-0.3, -0.25) is 0 Å². The van der Waals surface area contributed by atoms with Crippen molar-refractivity contribution in [3.63, 3.8) is 0 Å². The summed E-state index contributed by atoms with van der Waals surface area (Å²) in [5, 5.41) is 9.19. The van der Waals surface area contributed by atoms with Crippen molar-refractivity contribution in [2.24, 2.45) is 0 Å². The zero-order chi connectivity index (χ0) is 19.3. The normalized spacial score (nSPS) is 15.0. The highest BCUT2D eigenvalue weighted by molar-refractivity contribution is 7.91. The number of halogens is 1. The Morgan fingerprint density at radius 1 is 1.00 bits per heavy atom.